The van der Waals surface area contributed by atoms with Crippen molar-refractivity contribution in [3.8, 4) is 66.8 Å². The summed E-state index contributed by atoms with van der Waals surface area (Å²) >= 11 is 0. The zero-order valence-electron chi connectivity index (χ0n) is 35.0. The molecule has 0 fully saturated rings. The molecule has 288 valence electrons. The van der Waals surface area contributed by atoms with Crippen molar-refractivity contribution in [3.05, 3.63) is 215 Å². The van der Waals surface area contributed by atoms with Gasteiger partial charge >= 0.3 is 0 Å². The molecule has 0 spiro atoms. The Kier molecular flexibility index (Phi) is 7.00. The third-order valence-corrected chi connectivity index (χ3v) is 14.9. The van der Waals surface area contributed by atoms with Gasteiger partial charge in [0.05, 0.1) is 0 Å². The largest absolute Gasteiger partial charge is 0.0619 e. The van der Waals surface area contributed by atoms with Gasteiger partial charge in [0.2, 0.25) is 0 Å². The molecule has 0 saturated carbocycles. The van der Waals surface area contributed by atoms with Crippen LogP contribution < -0.4 is 0 Å². The molecule has 0 atom stereocenters. The first kappa shape index (κ1) is 34.8. The normalized spacial score (nSPS) is 14.8. The Bertz CT molecular complexity index is 3550. The molecular formula is C61H44. The Labute approximate surface area is 357 Å². The summed E-state index contributed by atoms with van der Waals surface area (Å²) in [4.78, 5) is 0. The van der Waals surface area contributed by atoms with Crippen LogP contribution in [0.4, 0.5) is 0 Å². The van der Waals surface area contributed by atoms with E-state index in [0.29, 0.717) is 0 Å². The van der Waals surface area contributed by atoms with Crippen molar-refractivity contribution >= 4 is 32.3 Å². The molecule has 0 heterocycles. The Morgan fingerprint density at radius 2 is 0.787 bits per heavy atom. The van der Waals surface area contributed by atoms with Gasteiger partial charge < -0.3 is 0 Å². The molecule has 0 heteroatoms. The number of rotatable bonds is 3. The van der Waals surface area contributed by atoms with Gasteiger partial charge in [-0.25, -0.2) is 0 Å². The molecule has 0 radical (unpaired) electrons. The van der Waals surface area contributed by atoms with Crippen LogP contribution in [0.25, 0.3) is 99.1 Å². The van der Waals surface area contributed by atoms with Gasteiger partial charge in [-0.05, 0) is 169 Å². The second-order valence-corrected chi connectivity index (χ2v) is 18.8. The molecular weight excluding hydrogens is 733 g/mol. The van der Waals surface area contributed by atoms with E-state index in [0.717, 1.165) is 6.42 Å². The highest BCUT2D eigenvalue weighted by atomic mass is 14.4. The lowest BCUT2D eigenvalue weighted by molar-refractivity contribution is 0.660. The predicted molar refractivity (Wildman–Crippen MR) is 259 cm³/mol. The van der Waals surface area contributed by atoms with E-state index in [9.17, 15) is 0 Å². The summed E-state index contributed by atoms with van der Waals surface area (Å²) in [5.41, 5.74) is 24.0. The van der Waals surface area contributed by atoms with E-state index >= 15 is 0 Å². The molecule has 0 bridgehead atoms. The number of benzene rings is 10. The summed E-state index contributed by atoms with van der Waals surface area (Å²) in [5.74, 6) is 0. The molecule has 10 aromatic rings. The lowest BCUT2D eigenvalue weighted by Gasteiger charge is -2.25. The van der Waals surface area contributed by atoms with Crippen LogP contribution in [0.1, 0.15) is 61.1 Å². The molecule has 0 nitrogen and oxygen atoms in total. The molecule has 0 amide bonds. The van der Waals surface area contributed by atoms with E-state index in [1.165, 1.54) is 132 Å². The van der Waals surface area contributed by atoms with E-state index in [4.69, 9.17) is 0 Å². The van der Waals surface area contributed by atoms with Crippen LogP contribution in [-0.4, -0.2) is 0 Å². The minimum absolute atomic E-state index is 0.0948. The molecule has 0 saturated heterocycles. The third-order valence-electron chi connectivity index (χ3n) is 14.9. The SMILES string of the molecule is CC1(C)c2ccccc2-c2ccc(-c3c4ccccc4c(-c4ccc5c(c4)Cc4ccccc4-5)c4cc5c(cc34)-c3ccc(-c4ccc6ccccc6c4)cc3C5(C)C)cc21. The summed E-state index contributed by atoms with van der Waals surface area (Å²) in [5, 5.41) is 7.78. The van der Waals surface area contributed by atoms with E-state index < -0.39 is 0 Å². The molecule has 0 N–H and O–H groups in total. The van der Waals surface area contributed by atoms with Gasteiger partial charge in [-0.15, -0.1) is 0 Å². The zero-order chi connectivity index (χ0) is 40.8. The average molecular weight is 777 g/mol. The van der Waals surface area contributed by atoms with Crippen molar-refractivity contribution < 1.29 is 0 Å². The van der Waals surface area contributed by atoms with Crippen LogP contribution in [0.15, 0.2) is 182 Å². The first-order chi connectivity index (χ1) is 29.7. The van der Waals surface area contributed by atoms with Gasteiger partial charge in [0.1, 0.15) is 0 Å². The van der Waals surface area contributed by atoms with E-state index in [-0.39, 0.29) is 10.8 Å². The van der Waals surface area contributed by atoms with Crippen molar-refractivity contribution in [1.82, 2.24) is 0 Å². The maximum Gasteiger partial charge on any atom is 0.0159 e. The van der Waals surface area contributed by atoms with Gasteiger partial charge in [-0.2, -0.15) is 0 Å². The Morgan fingerprint density at radius 3 is 1.57 bits per heavy atom. The van der Waals surface area contributed by atoms with E-state index in [1.54, 1.807) is 0 Å². The standard InChI is InChI=1S/C61H44/c1-60(2)54-20-12-11-17-46(54)47-28-25-42(33-56(47)60)59-50-19-10-9-18-49(50)58(41-24-26-45-43(31-41)30-40-15-7-8-16-44(40)45)53-35-57-51(34-52(53)59)48-27-23-39(32-55(48)61(57,3)4)38-22-21-36-13-5-6-14-37(36)29-38/h5-29,31-35H,30H2,1-4H3. The number of hydrogen-bond acceptors (Lipinski definition) is 0. The van der Waals surface area contributed by atoms with Gasteiger partial charge in [0.25, 0.3) is 0 Å². The molecule has 0 aromatic heterocycles. The minimum atomic E-state index is -0.197. The molecule has 10 aromatic carbocycles. The fraction of sp³-hybridized carbons (Fsp3) is 0.115. The Morgan fingerprint density at radius 1 is 0.295 bits per heavy atom. The molecule has 13 rings (SSSR count). The van der Waals surface area contributed by atoms with Crippen molar-refractivity contribution in [3.63, 3.8) is 0 Å². The van der Waals surface area contributed by atoms with Gasteiger partial charge in [0, 0.05) is 10.8 Å². The van der Waals surface area contributed by atoms with Crippen LogP contribution in [0.5, 0.6) is 0 Å². The van der Waals surface area contributed by atoms with Crippen molar-refractivity contribution in [2.45, 2.75) is 44.9 Å². The van der Waals surface area contributed by atoms with Gasteiger partial charge in [0.15, 0.2) is 0 Å². The Hall–Kier alpha value is -7.02. The zero-order valence-corrected chi connectivity index (χ0v) is 35.0. The summed E-state index contributed by atoms with van der Waals surface area (Å²) < 4.78 is 0. The van der Waals surface area contributed by atoms with E-state index in [2.05, 4.69) is 210 Å². The van der Waals surface area contributed by atoms with Crippen molar-refractivity contribution in [2.24, 2.45) is 0 Å². The van der Waals surface area contributed by atoms with Crippen LogP contribution >= 0.6 is 0 Å². The van der Waals surface area contributed by atoms with Gasteiger partial charge in [-0.3, -0.25) is 0 Å². The molecule has 61 heavy (non-hydrogen) atoms. The first-order valence-electron chi connectivity index (χ1n) is 21.9. The second kappa shape index (κ2) is 12.3. The average Bonchev–Trinajstić information content (AvgIpc) is 3.86. The summed E-state index contributed by atoms with van der Waals surface area (Å²) in [6.07, 6.45) is 0.970. The highest BCUT2D eigenvalue weighted by Gasteiger charge is 2.38. The molecule has 0 aliphatic heterocycles. The topological polar surface area (TPSA) is 0 Å². The number of fused-ring (bicyclic) bond motifs is 12. The molecule has 3 aliphatic rings. The van der Waals surface area contributed by atoms with Crippen molar-refractivity contribution in [1.29, 1.82) is 0 Å². The maximum atomic E-state index is 2.58. The second-order valence-electron chi connectivity index (χ2n) is 18.8. The lowest BCUT2D eigenvalue weighted by Crippen LogP contribution is -2.15. The number of hydrogen-bond donors (Lipinski definition) is 0. The minimum Gasteiger partial charge on any atom is -0.0619 e. The third kappa shape index (κ3) is 4.82. The fourth-order valence-electron chi connectivity index (χ4n) is 11.7. The quantitative estimate of drug-likeness (QED) is 0.157. The predicted octanol–water partition coefficient (Wildman–Crippen LogP) is 16.3. The smallest absolute Gasteiger partial charge is 0.0159 e. The van der Waals surface area contributed by atoms with Crippen LogP contribution in [-0.2, 0) is 17.3 Å². The van der Waals surface area contributed by atoms with Gasteiger partial charge in [-0.1, -0.05) is 179 Å². The highest BCUT2D eigenvalue weighted by Crippen LogP contribution is 2.56. The summed E-state index contributed by atoms with van der Waals surface area (Å²) in [6, 6.07) is 69.6. The van der Waals surface area contributed by atoms with Crippen LogP contribution in [0.3, 0.4) is 0 Å². The molecule has 0 unspecified atom stereocenters. The maximum absolute atomic E-state index is 2.58. The summed E-state index contributed by atoms with van der Waals surface area (Å²) in [6.45, 7) is 9.65. The van der Waals surface area contributed by atoms with Crippen molar-refractivity contribution in [2.75, 3.05) is 0 Å². The van der Waals surface area contributed by atoms with Crippen LogP contribution in [0, 0.1) is 0 Å². The monoisotopic (exact) mass is 776 g/mol. The molecule has 3 aliphatic carbocycles. The fourth-order valence-corrected chi connectivity index (χ4v) is 11.7. The Balaban J connectivity index is 1.08. The first-order valence-corrected chi connectivity index (χ1v) is 21.9. The highest BCUT2D eigenvalue weighted by molar-refractivity contribution is 6.23. The van der Waals surface area contributed by atoms with E-state index in [1.807, 2.05) is 0 Å². The summed E-state index contributed by atoms with van der Waals surface area (Å²) in [7, 11) is 0. The lowest BCUT2D eigenvalue weighted by atomic mass is 9.78. The van der Waals surface area contributed by atoms with Crippen LogP contribution in [0.2, 0.25) is 0 Å².